The van der Waals surface area contributed by atoms with Gasteiger partial charge in [-0.05, 0) is 36.6 Å². The van der Waals surface area contributed by atoms with E-state index in [9.17, 15) is 0 Å². The Morgan fingerprint density at radius 2 is 1.76 bits per heavy atom. The van der Waals surface area contributed by atoms with E-state index in [4.69, 9.17) is 14.2 Å². The smallest absolute Gasteiger partial charge is 0.118 e. The van der Waals surface area contributed by atoms with Crippen molar-refractivity contribution in [1.29, 1.82) is 0 Å². The molecule has 0 saturated carbocycles. The van der Waals surface area contributed by atoms with Gasteiger partial charge in [-0.3, -0.25) is 4.90 Å². The molecule has 5 heteroatoms. The lowest BCUT2D eigenvalue weighted by molar-refractivity contribution is 0.103. The number of hydrogen-bond donors (Lipinski definition) is 0. The number of likely N-dealkylation sites (tertiary alicyclic amines) is 2. The van der Waals surface area contributed by atoms with Crippen molar-refractivity contribution < 1.29 is 14.2 Å². The fourth-order valence-corrected chi connectivity index (χ4v) is 4.94. The molecule has 0 spiro atoms. The molecule has 4 rings (SSSR count). The zero-order chi connectivity index (χ0) is 17.2. The van der Waals surface area contributed by atoms with Gasteiger partial charge in [0.1, 0.15) is 5.75 Å². The molecule has 3 saturated heterocycles. The van der Waals surface area contributed by atoms with Crippen molar-refractivity contribution in [3.05, 3.63) is 29.8 Å². The summed E-state index contributed by atoms with van der Waals surface area (Å²) in [5, 5.41) is 0. The molecule has 0 radical (unpaired) electrons. The normalized spacial score (nSPS) is 31.8. The molecule has 3 heterocycles. The highest BCUT2D eigenvalue weighted by Crippen LogP contribution is 2.44. The topological polar surface area (TPSA) is 34.2 Å². The number of methoxy groups -OCH3 is 1. The number of nitrogens with zero attached hydrogens (tertiary/aromatic N) is 2. The van der Waals surface area contributed by atoms with E-state index in [0.29, 0.717) is 17.9 Å². The molecule has 3 aliphatic rings. The third-order valence-corrected chi connectivity index (χ3v) is 6.02. The van der Waals surface area contributed by atoms with Gasteiger partial charge in [-0.25, -0.2) is 0 Å². The Bertz CT molecular complexity index is 557. The summed E-state index contributed by atoms with van der Waals surface area (Å²) in [7, 11) is 3.99. The third kappa shape index (κ3) is 3.70. The van der Waals surface area contributed by atoms with Gasteiger partial charge in [0, 0.05) is 38.1 Å². The molecule has 0 N–H and O–H groups in total. The second kappa shape index (κ2) is 7.62. The lowest BCUT2D eigenvalue weighted by atomic mass is 9.89. The molecule has 0 unspecified atom stereocenters. The third-order valence-electron chi connectivity index (χ3n) is 6.02. The van der Waals surface area contributed by atoms with Gasteiger partial charge >= 0.3 is 0 Å². The van der Waals surface area contributed by atoms with E-state index in [2.05, 4.69) is 41.1 Å². The quantitative estimate of drug-likeness (QED) is 0.832. The zero-order valence-corrected chi connectivity index (χ0v) is 15.4. The maximum atomic E-state index is 5.67. The van der Waals surface area contributed by atoms with Gasteiger partial charge < -0.3 is 19.1 Å². The van der Waals surface area contributed by atoms with Crippen molar-refractivity contribution in [3.63, 3.8) is 0 Å². The molecule has 3 atom stereocenters. The lowest BCUT2D eigenvalue weighted by Gasteiger charge is -2.28. The zero-order valence-electron chi connectivity index (χ0n) is 15.4. The summed E-state index contributed by atoms with van der Waals surface area (Å²) in [6.07, 6.45) is 0. The average Bonchev–Trinajstić information content (AvgIpc) is 3.00. The summed E-state index contributed by atoms with van der Waals surface area (Å²) in [5.41, 5.74) is 1.42. The largest absolute Gasteiger partial charge is 0.497 e. The van der Waals surface area contributed by atoms with E-state index in [-0.39, 0.29) is 0 Å². The van der Waals surface area contributed by atoms with Crippen LogP contribution in [0.15, 0.2) is 24.3 Å². The fourth-order valence-electron chi connectivity index (χ4n) is 4.94. The molecule has 0 amide bonds. The van der Waals surface area contributed by atoms with Gasteiger partial charge in [-0.2, -0.15) is 0 Å². The lowest BCUT2D eigenvalue weighted by Crippen LogP contribution is -2.34. The molecule has 3 fully saturated rings. The van der Waals surface area contributed by atoms with E-state index < -0.39 is 0 Å². The Labute approximate surface area is 150 Å². The molecule has 1 aromatic rings. The van der Waals surface area contributed by atoms with Crippen molar-refractivity contribution in [1.82, 2.24) is 9.80 Å². The van der Waals surface area contributed by atoms with Gasteiger partial charge in [0.2, 0.25) is 0 Å². The van der Waals surface area contributed by atoms with Crippen molar-refractivity contribution >= 4 is 0 Å². The maximum Gasteiger partial charge on any atom is 0.118 e. The van der Waals surface area contributed by atoms with E-state index in [1.165, 1.54) is 25.2 Å². The first kappa shape index (κ1) is 17.3. The summed E-state index contributed by atoms with van der Waals surface area (Å²) in [6.45, 7) is 7.85. The van der Waals surface area contributed by atoms with Crippen molar-refractivity contribution in [2.45, 2.75) is 6.04 Å². The predicted molar refractivity (Wildman–Crippen MR) is 96.9 cm³/mol. The second-order valence-corrected chi connectivity index (χ2v) is 7.82. The van der Waals surface area contributed by atoms with Gasteiger partial charge in [0.25, 0.3) is 0 Å². The van der Waals surface area contributed by atoms with E-state index in [1.54, 1.807) is 7.11 Å². The van der Waals surface area contributed by atoms with Crippen LogP contribution in [0.5, 0.6) is 5.75 Å². The molecule has 25 heavy (non-hydrogen) atoms. The predicted octanol–water partition coefficient (Wildman–Crippen LogP) is 1.89. The maximum absolute atomic E-state index is 5.67. The van der Waals surface area contributed by atoms with Crippen molar-refractivity contribution in [2.75, 3.05) is 66.8 Å². The second-order valence-electron chi connectivity index (χ2n) is 7.82. The summed E-state index contributed by atoms with van der Waals surface area (Å²) in [4.78, 5) is 5.17. The molecular formula is C20H30N2O3. The summed E-state index contributed by atoms with van der Waals surface area (Å²) < 4.78 is 16.6. The average molecular weight is 346 g/mol. The van der Waals surface area contributed by atoms with Crippen LogP contribution in [0.25, 0.3) is 0 Å². The number of benzene rings is 1. The first-order valence-corrected chi connectivity index (χ1v) is 9.46. The van der Waals surface area contributed by atoms with E-state index >= 15 is 0 Å². The first-order valence-electron chi connectivity index (χ1n) is 9.46. The van der Waals surface area contributed by atoms with Gasteiger partial charge in [0.05, 0.1) is 33.5 Å². The van der Waals surface area contributed by atoms with Crippen LogP contribution in [0.3, 0.4) is 0 Å². The van der Waals surface area contributed by atoms with Gasteiger partial charge in [-0.1, -0.05) is 12.1 Å². The van der Waals surface area contributed by atoms with Crippen LogP contribution in [0.1, 0.15) is 11.6 Å². The Hall–Kier alpha value is -1.14. The standard InChI is InChI=1S/C20H30N2O3/c1-21-10-17-11-22(9-15-13-24-7-8-25-14-15)12-19(17)20(21)16-3-5-18(23-2)6-4-16/h3-6,15,17,19-20H,7-14H2,1-2H3/t17-,19+,20+/m0/s1. The Kier molecular flexibility index (Phi) is 5.27. The van der Waals surface area contributed by atoms with Crippen molar-refractivity contribution in [3.8, 4) is 5.75 Å². The number of hydrogen-bond acceptors (Lipinski definition) is 5. The highest BCUT2D eigenvalue weighted by Gasteiger charge is 2.46. The Morgan fingerprint density at radius 1 is 1.04 bits per heavy atom. The van der Waals surface area contributed by atoms with Crippen LogP contribution in [0.2, 0.25) is 0 Å². The number of rotatable bonds is 4. The summed E-state index contributed by atoms with van der Waals surface area (Å²) in [6, 6.07) is 9.16. The number of fused-ring (bicyclic) bond motifs is 1. The monoisotopic (exact) mass is 346 g/mol. The minimum Gasteiger partial charge on any atom is -0.497 e. The van der Waals surface area contributed by atoms with Crippen LogP contribution in [-0.4, -0.2) is 76.6 Å². The summed E-state index contributed by atoms with van der Waals surface area (Å²) >= 11 is 0. The van der Waals surface area contributed by atoms with Crippen LogP contribution in [0.4, 0.5) is 0 Å². The van der Waals surface area contributed by atoms with Crippen LogP contribution >= 0.6 is 0 Å². The molecule has 1 aromatic carbocycles. The minimum atomic E-state index is 0.512. The molecule has 5 nitrogen and oxygen atoms in total. The first-order chi connectivity index (χ1) is 12.2. The van der Waals surface area contributed by atoms with E-state index in [0.717, 1.165) is 44.6 Å². The van der Waals surface area contributed by atoms with Crippen LogP contribution < -0.4 is 4.74 Å². The van der Waals surface area contributed by atoms with Gasteiger partial charge in [0.15, 0.2) is 0 Å². The van der Waals surface area contributed by atoms with E-state index in [1.807, 2.05) is 0 Å². The van der Waals surface area contributed by atoms with Crippen molar-refractivity contribution in [2.24, 2.45) is 17.8 Å². The Balaban J connectivity index is 1.41. The SMILES string of the molecule is COc1ccc([C@@H]2[C@@H]3CN(CC4COCCOC4)C[C@@H]3CN2C)cc1. The number of ether oxygens (including phenoxy) is 3. The highest BCUT2D eigenvalue weighted by molar-refractivity contribution is 5.30. The minimum absolute atomic E-state index is 0.512. The molecule has 3 aliphatic heterocycles. The Morgan fingerprint density at radius 3 is 2.44 bits per heavy atom. The molecular weight excluding hydrogens is 316 g/mol. The molecule has 0 bridgehead atoms. The molecule has 0 aromatic heterocycles. The molecule has 138 valence electrons. The van der Waals surface area contributed by atoms with Crippen LogP contribution in [-0.2, 0) is 9.47 Å². The van der Waals surface area contributed by atoms with Gasteiger partial charge in [-0.15, -0.1) is 0 Å². The fraction of sp³-hybridized carbons (Fsp3) is 0.700. The van der Waals surface area contributed by atoms with Crippen LogP contribution in [0, 0.1) is 17.8 Å². The molecule has 0 aliphatic carbocycles. The summed E-state index contributed by atoms with van der Waals surface area (Å²) in [5.74, 6) is 2.93. The highest BCUT2D eigenvalue weighted by atomic mass is 16.5.